The van der Waals surface area contributed by atoms with E-state index in [1.54, 1.807) is 0 Å². The van der Waals surface area contributed by atoms with Crippen molar-refractivity contribution in [3.63, 3.8) is 0 Å². The first kappa shape index (κ1) is 12.9. The van der Waals surface area contributed by atoms with Crippen LogP contribution in [0.4, 0.5) is 0 Å². The molecule has 80 valence electrons. The van der Waals surface area contributed by atoms with Crippen molar-refractivity contribution in [2.75, 3.05) is 6.54 Å². The summed E-state index contributed by atoms with van der Waals surface area (Å²) in [4.78, 5) is 10.6. The molecule has 3 N–H and O–H groups in total. The third-order valence-corrected chi connectivity index (χ3v) is 1.88. The molecule has 0 aliphatic rings. The predicted molar refractivity (Wildman–Crippen MR) is 58.1 cm³/mol. The number of aliphatic carboxylic acids is 1. The van der Waals surface area contributed by atoms with Gasteiger partial charge in [-0.3, -0.25) is 4.79 Å². The standard InChI is InChI=1S/C11H19NO2/c1-3-5-9(7-11(13)14)10(8-12)6-4-2/h5-6H,3-4,7-8,12H2,1-2H3,(H,13,14)/b9-5-,10-6-. The maximum atomic E-state index is 10.6. The molecule has 0 fully saturated rings. The zero-order valence-corrected chi connectivity index (χ0v) is 8.92. The van der Waals surface area contributed by atoms with E-state index < -0.39 is 5.97 Å². The zero-order valence-electron chi connectivity index (χ0n) is 8.92. The highest BCUT2D eigenvalue weighted by molar-refractivity contribution is 5.71. The van der Waals surface area contributed by atoms with E-state index in [1.165, 1.54) is 0 Å². The number of carbonyl (C=O) groups is 1. The molecule has 0 heterocycles. The minimum absolute atomic E-state index is 0.0663. The van der Waals surface area contributed by atoms with Gasteiger partial charge in [-0.2, -0.15) is 0 Å². The Labute approximate surface area is 85.3 Å². The number of carboxylic acids is 1. The van der Waals surface area contributed by atoms with Gasteiger partial charge >= 0.3 is 5.97 Å². The van der Waals surface area contributed by atoms with Gasteiger partial charge in [0.25, 0.3) is 0 Å². The molecule has 0 aromatic heterocycles. The molecule has 0 radical (unpaired) electrons. The van der Waals surface area contributed by atoms with Crippen molar-refractivity contribution >= 4 is 5.97 Å². The average Bonchev–Trinajstić information content (AvgIpc) is 2.13. The van der Waals surface area contributed by atoms with Crippen molar-refractivity contribution in [1.29, 1.82) is 0 Å². The van der Waals surface area contributed by atoms with Gasteiger partial charge in [-0.1, -0.05) is 26.0 Å². The van der Waals surface area contributed by atoms with Crippen LogP contribution in [0.15, 0.2) is 23.3 Å². The van der Waals surface area contributed by atoms with E-state index in [1.807, 2.05) is 26.0 Å². The van der Waals surface area contributed by atoms with Crippen LogP contribution < -0.4 is 5.73 Å². The Balaban J connectivity index is 4.70. The van der Waals surface area contributed by atoms with E-state index in [-0.39, 0.29) is 6.42 Å². The molecule has 14 heavy (non-hydrogen) atoms. The van der Waals surface area contributed by atoms with Crippen LogP contribution in [-0.4, -0.2) is 17.6 Å². The highest BCUT2D eigenvalue weighted by Gasteiger charge is 2.07. The highest BCUT2D eigenvalue weighted by Crippen LogP contribution is 2.14. The Morgan fingerprint density at radius 2 is 1.71 bits per heavy atom. The van der Waals surface area contributed by atoms with Crippen LogP contribution in [0.1, 0.15) is 33.1 Å². The van der Waals surface area contributed by atoms with Crippen LogP contribution in [0, 0.1) is 0 Å². The molecule has 0 amide bonds. The van der Waals surface area contributed by atoms with Crippen LogP contribution in [0.3, 0.4) is 0 Å². The minimum Gasteiger partial charge on any atom is -0.481 e. The van der Waals surface area contributed by atoms with E-state index in [0.717, 1.165) is 24.0 Å². The monoisotopic (exact) mass is 197 g/mol. The fourth-order valence-electron chi connectivity index (χ4n) is 1.32. The van der Waals surface area contributed by atoms with E-state index in [2.05, 4.69) is 0 Å². The lowest BCUT2D eigenvalue weighted by Crippen LogP contribution is -2.09. The number of hydrogen-bond acceptors (Lipinski definition) is 2. The van der Waals surface area contributed by atoms with Crippen molar-refractivity contribution in [2.45, 2.75) is 33.1 Å². The summed E-state index contributed by atoms with van der Waals surface area (Å²) in [6, 6.07) is 0. The number of rotatable bonds is 6. The number of allylic oxidation sites excluding steroid dienone is 2. The van der Waals surface area contributed by atoms with Crippen molar-refractivity contribution in [3.05, 3.63) is 23.3 Å². The largest absolute Gasteiger partial charge is 0.481 e. The first-order chi connectivity index (χ1) is 6.65. The first-order valence-electron chi connectivity index (χ1n) is 4.95. The van der Waals surface area contributed by atoms with E-state index >= 15 is 0 Å². The maximum absolute atomic E-state index is 10.6. The van der Waals surface area contributed by atoms with Gasteiger partial charge in [0.05, 0.1) is 6.42 Å². The van der Waals surface area contributed by atoms with Crippen LogP contribution in [-0.2, 0) is 4.79 Å². The molecular formula is C11H19NO2. The van der Waals surface area contributed by atoms with Crippen LogP contribution in [0.5, 0.6) is 0 Å². The lowest BCUT2D eigenvalue weighted by Gasteiger charge is -2.07. The normalized spacial score (nSPS) is 13.1. The quantitative estimate of drug-likeness (QED) is 0.641. The number of hydrogen-bond donors (Lipinski definition) is 2. The summed E-state index contributed by atoms with van der Waals surface area (Å²) < 4.78 is 0. The molecule has 0 bridgehead atoms. The summed E-state index contributed by atoms with van der Waals surface area (Å²) in [6.07, 6.45) is 5.71. The van der Waals surface area contributed by atoms with E-state index in [4.69, 9.17) is 10.8 Å². The molecule has 0 aromatic carbocycles. The molecule has 0 aliphatic heterocycles. The number of nitrogens with two attached hydrogens (primary N) is 1. The first-order valence-corrected chi connectivity index (χ1v) is 4.95. The molecule has 0 aromatic rings. The SMILES string of the molecule is CC/C=C(CC(=O)O)\C(=C/CC)CN. The average molecular weight is 197 g/mol. The zero-order chi connectivity index (χ0) is 11.0. The van der Waals surface area contributed by atoms with Gasteiger partial charge in [0.2, 0.25) is 0 Å². The second-order valence-corrected chi connectivity index (χ2v) is 3.05. The summed E-state index contributed by atoms with van der Waals surface area (Å²) in [5.74, 6) is -0.805. The Bertz CT molecular complexity index is 242. The van der Waals surface area contributed by atoms with Crippen LogP contribution >= 0.6 is 0 Å². The summed E-state index contributed by atoms with van der Waals surface area (Å²) in [5, 5.41) is 8.71. The minimum atomic E-state index is -0.805. The molecule has 0 saturated carbocycles. The summed E-state index contributed by atoms with van der Waals surface area (Å²) >= 11 is 0. The van der Waals surface area contributed by atoms with Gasteiger partial charge in [-0.25, -0.2) is 0 Å². The maximum Gasteiger partial charge on any atom is 0.307 e. The number of carboxylic acid groups (broad SMARTS) is 1. The molecule has 0 unspecified atom stereocenters. The Morgan fingerprint density at radius 1 is 1.21 bits per heavy atom. The molecule has 0 saturated heterocycles. The van der Waals surface area contributed by atoms with Gasteiger partial charge in [-0.05, 0) is 24.0 Å². The van der Waals surface area contributed by atoms with Gasteiger partial charge in [0.15, 0.2) is 0 Å². The van der Waals surface area contributed by atoms with Crippen molar-refractivity contribution < 1.29 is 9.90 Å². The van der Waals surface area contributed by atoms with E-state index in [9.17, 15) is 4.79 Å². The fourth-order valence-corrected chi connectivity index (χ4v) is 1.32. The van der Waals surface area contributed by atoms with Crippen LogP contribution in [0.25, 0.3) is 0 Å². The summed E-state index contributed by atoms with van der Waals surface area (Å²) in [6.45, 7) is 4.41. The van der Waals surface area contributed by atoms with Crippen molar-refractivity contribution in [3.8, 4) is 0 Å². The molecule has 0 atom stereocenters. The van der Waals surface area contributed by atoms with Crippen molar-refractivity contribution in [2.24, 2.45) is 5.73 Å². The Kier molecular flexibility index (Phi) is 6.76. The third kappa shape index (κ3) is 4.82. The topological polar surface area (TPSA) is 63.3 Å². The summed E-state index contributed by atoms with van der Waals surface area (Å²) in [5.41, 5.74) is 7.37. The second kappa shape index (κ2) is 7.33. The van der Waals surface area contributed by atoms with Crippen LogP contribution in [0.2, 0.25) is 0 Å². The van der Waals surface area contributed by atoms with E-state index in [0.29, 0.717) is 6.54 Å². The molecule has 3 nitrogen and oxygen atoms in total. The van der Waals surface area contributed by atoms with Gasteiger partial charge in [0, 0.05) is 6.54 Å². The Hall–Kier alpha value is -1.09. The molecular weight excluding hydrogens is 178 g/mol. The fraction of sp³-hybridized carbons (Fsp3) is 0.545. The van der Waals surface area contributed by atoms with Gasteiger partial charge < -0.3 is 10.8 Å². The highest BCUT2D eigenvalue weighted by atomic mass is 16.4. The lowest BCUT2D eigenvalue weighted by molar-refractivity contribution is -0.136. The lowest BCUT2D eigenvalue weighted by atomic mass is 10.0. The molecule has 0 aliphatic carbocycles. The molecule has 0 spiro atoms. The Morgan fingerprint density at radius 3 is 2.07 bits per heavy atom. The summed E-state index contributed by atoms with van der Waals surface area (Å²) in [7, 11) is 0. The second-order valence-electron chi connectivity index (χ2n) is 3.05. The van der Waals surface area contributed by atoms with Gasteiger partial charge in [0.1, 0.15) is 0 Å². The van der Waals surface area contributed by atoms with Crippen molar-refractivity contribution in [1.82, 2.24) is 0 Å². The predicted octanol–water partition coefficient (Wildman–Crippen LogP) is 2.09. The molecule has 3 heteroatoms. The third-order valence-electron chi connectivity index (χ3n) is 1.88. The smallest absolute Gasteiger partial charge is 0.307 e. The molecule has 0 rings (SSSR count). The van der Waals surface area contributed by atoms with Gasteiger partial charge in [-0.15, -0.1) is 0 Å².